The first-order valence-electron chi connectivity index (χ1n) is 15.5. The lowest BCUT2D eigenvalue weighted by Gasteiger charge is -2.15. The zero-order valence-corrected chi connectivity index (χ0v) is 25.1. The summed E-state index contributed by atoms with van der Waals surface area (Å²) in [5.74, 6) is -0.758. The number of hydrogen-bond donors (Lipinski definition) is 0. The Labute approximate surface area is 246 Å². The summed E-state index contributed by atoms with van der Waals surface area (Å²) in [7, 11) is 0. The molecule has 0 aliphatic heterocycles. The summed E-state index contributed by atoms with van der Waals surface area (Å²) >= 11 is 0. The van der Waals surface area contributed by atoms with E-state index in [2.05, 4.69) is 26.0 Å². The molecule has 1 aliphatic carbocycles. The van der Waals surface area contributed by atoms with E-state index in [1.54, 1.807) is 36.4 Å². The number of carbonyl (C=O) groups excluding carboxylic acids is 3. The molecule has 0 heterocycles. The fourth-order valence-corrected chi connectivity index (χ4v) is 4.96. The van der Waals surface area contributed by atoms with Crippen LogP contribution in [0.4, 0.5) is 0 Å². The first kappa shape index (κ1) is 32.0. The minimum atomic E-state index is -0.570. The predicted molar refractivity (Wildman–Crippen MR) is 165 cm³/mol. The fraction of sp³-hybridized carbons (Fsp3) is 0.472. The topological polar surface area (TPSA) is 69.7 Å². The van der Waals surface area contributed by atoms with Crippen molar-refractivity contribution in [1.82, 2.24) is 0 Å². The predicted octanol–water partition coefficient (Wildman–Crippen LogP) is 8.99. The molecule has 3 rings (SSSR count). The highest BCUT2D eigenvalue weighted by Crippen LogP contribution is 2.26. The van der Waals surface area contributed by atoms with Crippen LogP contribution >= 0.6 is 0 Å². The third kappa shape index (κ3) is 10.8. The maximum Gasteiger partial charge on any atom is 0.339 e. The van der Waals surface area contributed by atoms with Crippen LogP contribution in [0.3, 0.4) is 0 Å². The number of hydrogen-bond acceptors (Lipinski definition) is 5. The minimum Gasteiger partial charge on any atom is -0.459 e. The second-order valence-corrected chi connectivity index (χ2v) is 11.1. The van der Waals surface area contributed by atoms with Gasteiger partial charge < -0.3 is 9.47 Å². The van der Waals surface area contributed by atoms with Crippen molar-refractivity contribution in [3.05, 3.63) is 82.9 Å². The Bertz CT molecular complexity index is 1190. The number of rotatable bonds is 17. The van der Waals surface area contributed by atoms with Crippen LogP contribution in [-0.4, -0.2) is 23.8 Å². The Morgan fingerprint density at radius 1 is 0.756 bits per heavy atom. The van der Waals surface area contributed by atoms with Gasteiger partial charge in [-0.15, -0.1) is 0 Å². The van der Waals surface area contributed by atoms with Crippen LogP contribution in [0.1, 0.15) is 119 Å². The molecule has 5 nitrogen and oxygen atoms in total. The van der Waals surface area contributed by atoms with Crippen LogP contribution < -0.4 is 4.74 Å². The Kier molecular flexibility index (Phi) is 13.6. The van der Waals surface area contributed by atoms with Gasteiger partial charge in [-0.3, -0.25) is 4.79 Å². The van der Waals surface area contributed by atoms with E-state index in [0.717, 1.165) is 31.2 Å². The lowest BCUT2D eigenvalue weighted by molar-refractivity contribution is -0.131. The quantitative estimate of drug-likeness (QED) is 0.110. The number of unbranched alkanes of at least 4 members (excludes halogenated alkanes) is 8. The van der Waals surface area contributed by atoms with Crippen molar-refractivity contribution >= 4 is 23.3 Å². The van der Waals surface area contributed by atoms with Gasteiger partial charge in [0.05, 0.1) is 11.7 Å². The highest BCUT2D eigenvalue weighted by atomic mass is 16.5. The third-order valence-corrected chi connectivity index (χ3v) is 7.52. The van der Waals surface area contributed by atoms with Crippen molar-refractivity contribution in [2.24, 2.45) is 0 Å². The van der Waals surface area contributed by atoms with Gasteiger partial charge in [0.1, 0.15) is 5.75 Å². The lowest BCUT2D eigenvalue weighted by Crippen LogP contribution is -2.17. The summed E-state index contributed by atoms with van der Waals surface area (Å²) in [4.78, 5) is 38.0. The molecular weight excluding hydrogens is 512 g/mol. The highest BCUT2D eigenvalue weighted by molar-refractivity contribution is 6.24. The Morgan fingerprint density at radius 2 is 1.39 bits per heavy atom. The largest absolute Gasteiger partial charge is 0.459 e. The molecule has 0 amide bonds. The first-order valence-corrected chi connectivity index (χ1v) is 15.5. The molecule has 0 fully saturated rings. The van der Waals surface area contributed by atoms with E-state index in [4.69, 9.17) is 9.47 Å². The molecular formula is C36H46O5. The molecule has 2 aromatic carbocycles. The highest BCUT2D eigenvalue weighted by Gasteiger charge is 2.23. The van der Waals surface area contributed by atoms with Gasteiger partial charge in [0, 0.05) is 17.6 Å². The summed E-state index contributed by atoms with van der Waals surface area (Å²) in [6.07, 6.45) is 17.3. The molecule has 0 spiro atoms. The number of ether oxygens (including phenoxy) is 2. The molecule has 0 saturated carbocycles. The van der Waals surface area contributed by atoms with E-state index in [-0.39, 0.29) is 24.3 Å². The molecule has 1 aliphatic rings. The molecule has 1 atom stereocenters. The van der Waals surface area contributed by atoms with Crippen molar-refractivity contribution in [2.75, 3.05) is 0 Å². The van der Waals surface area contributed by atoms with Gasteiger partial charge >= 0.3 is 11.9 Å². The second kappa shape index (κ2) is 17.4. The fourth-order valence-electron chi connectivity index (χ4n) is 4.96. The first-order chi connectivity index (χ1) is 19.9. The average Bonchev–Trinajstić information content (AvgIpc) is 2.98. The Morgan fingerprint density at radius 3 is 2.05 bits per heavy atom. The zero-order valence-electron chi connectivity index (χ0n) is 25.1. The maximum absolute atomic E-state index is 12.9. The Hall–Kier alpha value is -3.47. The summed E-state index contributed by atoms with van der Waals surface area (Å²) in [5, 5.41) is 0. The molecule has 5 heteroatoms. The van der Waals surface area contributed by atoms with Crippen LogP contribution in [-0.2, 0) is 20.7 Å². The van der Waals surface area contributed by atoms with Crippen molar-refractivity contribution in [2.45, 2.75) is 110 Å². The second-order valence-electron chi connectivity index (χ2n) is 11.1. The molecule has 2 aromatic rings. The number of Topliss-reactive ketones (excluding diaryl/α,β-unsaturated/α-hetero) is 1. The van der Waals surface area contributed by atoms with E-state index in [9.17, 15) is 14.4 Å². The lowest BCUT2D eigenvalue weighted by atomic mass is 9.91. The number of ketones is 1. The standard InChI is InChI=1S/C36H46O5/c1-4-6-8-10-11-13-15-28-16-18-29(19-17-28)33-25-22-31(26-34(33)37)36(39)41-32-23-20-30(21-24-32)35(38)40-27(3)14-12-9-7-5-2/h16-25,27H,4-15,26H2,1-3H3. The van der Waals surface area contributed by atoms with Gasteiger partial charge in [0.15, 0.2) is 5.78 Å². The molecule has 0 bridgehead atoms. The summed E-state index contributed by atoms with van der Waals surface area (Å²) in [5.41, 5.74) is 3.46. The number of allylic oxidation sites excluding steroid dienone is 3. The van der Waals surface area contributed by atoms with Crippen molar-refractivity contribution in [3.63, 3.8) is 0 Å². The van der Waals surface area contributed by atoms with Gasteiger partial charge in [0.25, 0.3) is 0 Å². The zero-order chi connectivity index (χ0) is 29.5. The normalized spacial score (nSPS) is 13.8. The van der Waals surface area contributed by atoms with Crippen LogP contribution in [0.25, 0.3) is 5.57 Å². The average molecular weight is 559 g/mol. The number of esters is 2. The molecule has 41 heavy (non-hydrogen) atoms. The molecule has 0 aromatic heterocycles. The van der Waals surface area contributed by atoms with E-state index in [0.29, 0.717) is 22.5 Å². The van der Waals surface area contributed by atoms with Crippen LogP contribution in [0.15, 0.2) is 66.3 Å². The monoisotopic (exact) mass is 558 g/mol. The minimum absolute atomic E-state index is 0.00919. The van der Waals surface area contributed by atoms with Crippen molar-refractivity contribution in [3.8, 4) is 5.75 Å². The van der Waals surface area contributed by atoms with E-state index < -0.39 is 5.97 Å². The van der Waals surface area contributed by atoms with Gasteiger partial charge in [-0.05, 0) is 68.0 Å². The van der Waals surface area contributed by atoms with E-state index in [1.807, 2.05) is 19.1 Å². The molecule has 0 N–H and O–H groups in total. The summed E-state index contributed by atoms with van der Waals surface area (Å²) in [6.45, 7) is 6.31. The molecule has 220 valence electrons. The van der Waals surface area contributed by atoms with Gasteiger partial charge in [-0.2, -0.15) is 0 Å². The summed E-state index contributed by atoms with van der Waals surface area (Å²) in [6, 6.07) is 14.5. The SMILES string of the molecule is CCCCCCCCc1ccc(C2=CC=C(C(=O)Oc3ccc(C(=O)OC(C)CCCCCC)cc3)CC2=O)cc1. The van der Waals surface area contributed by atoms with Gasteiger partial charge in [-0.1, -0.05) is 102 Å². The Balaban J connectivity index is 1.49. The molecule has 0 saturated heterocycles. The van der Waals surface area contributed by atoms with Gasteiger partial charge in [0.2, 0.25) is 0 Å². The van der Waals surface area contributed by atoms with Crippen molar-refractivity contribution in [1.29, 1.82) is 0 Å². The van der Waals surface area contributed by atoms with Crippen LogP contribution in [0.2, 0.25) is 0 Å². The number of aryl methyl sites for hydroxylation is 1. The third-order valence-electron chi connectivity index (χ3n) is 7.52. The van der Waals surface area contributed by atoms with Crippen LogP contribution in [0, 0.1) is 0 Å². The van der Waals surface area contributed by atoms with Crippen LogP contribution in [0.5, 0.6) is 5.75 Å². The number of benzene rings is 2. The maximum atomic E-state index is 12.9. The number of carbonyl (C=O) groups is 3. The van der Waals surface area contributed by atoms with E-state index >= 15 is 0 Å². The van der Waals surface area contributed by atoms with Gasteiger partial charge in [-0.25, -0.2) is 9.59 Å². The molecule has 0 radical (unpaired) electrons. The van der Waals surface area contributed by atoms with Crippen molar-refractivity contribution < 1.29 is 23.9 Å². The summed E-state index contributed by atoms with van der Waals surface area (Å²) < 4.78 is 11.0. The molecule has 1 unspecified atom stereocenters. The smallest absolute Gasteiger partial charge is 0.339 e. The van der Waals surface area contributed by atoms with E-state index in [1.165, 1.54) is 56.9 Å².